The Morgan fingerprint density at radius 3 is 2.09 bits per heavy atom. The van der Waals surface area contributed by atoms with E-state index in [9.17, 15) is 25.5 Å². The standard InChI is InChI=1S/C24H45N3O7/c1-2-3-4-5-6-7-8-9-10-11-12-13-14-15-19(29)18(26-27-25)17-33-24-23(32)22(31)21(30)20(16-28)34-24/h14-15,18-24,28-32H,2-13,16-17H2,1H3/b15-14+/t18-,19+,20+,21-,22-,23+,24?/m0/s1. The molecule has 0 aromatic rings. The molecule has 10 nitrogen and oxygen atoms in total. The third-order valence-corrected chi connectivity index (χ3v) is 6.18. The van der Waals surface area contributed by atoms with Crippen LogP contribution < -0.4 is 0 Å². The van der Waals surface area contributed by atoms with E-state index < -0.39 is 49.5 Å². The van der Waals surface area contributed by atoms with Crippen LogP contribution in [0.25, 0.3) is 10.4 Å². The zero-order valence-corrected chi connectivity index (χ0v) is 20.5. The Balaban J connectivity index is 2.26. The van der Waals surface area contributed by atoms with E-state index >= 15 is 0 Å². The lowest BCUT2D eigenvalue weighted by Crippen LogP contribution is -2.59. The fourth-order valence-electron chi connectivity index (χ4n) is 3.96. The van der Waals surface area contributed by atoms with Crippen molar-refractivity contribution >= 4 is 0 Å². The number of hydrogen-bond donors (Lipinski definition) is 5. The van der Waals surface area contributed by atoms with Gasteiger partial charge in [0.1, 0.15) is 24.4 Å². The van der Waals surface area contributed by atoms with Crippen molar-refractivity contribution in [2.24, 2.45) is 5.11 Å². The van der Waals surface area contributed by atoms with Crippen molar-refractivity contribution in [1.82, 2.24) is 0 Å². The Labute approximate surface area is 203 Å². The normalized spacial score (nSPS) is 26.9. The molecule has 0 spiro atoms. The minimum absolute atomic E-state index is 0.281. The number of hydrogen-bond acceptors (Lipinski definition) is 8. The molecule has 7 atom stereocenters. The highest BCUT2D eigenvalue weighted by molar-refractivity contribution is 4.96. The van der Waals surface area contributed by atoms with Gasteiger partial charge in [0.15, 0.2) is 6.29 Å². The molecule has 0 bridgehead atoms. The van der Waals surface area contributed by atoms with Crippen molar-refractivity contribution in [3.05, 3.63) is 22.6 Å². The van der Waals surface area contributed by atoms with E-state index in [1.165, 1.54) is 57.8 Å². The molecule has 1 aliphatic rings. The maximum absolute atomic E-state index is 10.3. The second kappa shape index (κ2) is 19.0. The van der Waals surface area contributed by atoms with Crippen LogP contribution in [-0.2, 0) is 9.47 Å². The van der Waals surface area contributed by atoms with E-state index in [0.717, 1.165) is 19.3 Å². The molecule has 1 heterocycles. The van der Waals surface area contributed by atoms with Crippen molar-refractivity contribution in [2.45, 2.75) is 127 Å². The summed E-state index contributed by atoms with van der Waals surface area (Å²) in [5, 5.41) is 52.8. The fraction of sp³-hybridized carbons (Fsp3) is 0.917. The van der Waals surface area contributed by atoms with Crippen LogP contribution in [0.1, 0.15) is 84.0 Å². The summed E-state index contributed by atoms with van der Waals surface area (Å²) in [6, 6.07) is -0.967. The minimum atomic E-state index is -1.57. The number of aliphatic hydroxyl groups excluding tert-OH is 5. The summed E-state index contributed by atoms with van der Waals surface area (Å²) in [6.45, 7) is 1.38. The van der Waals surface area contributed by atoms with Gasteiger partial charge < -0.3 is 35.0 Å². The summed E-state index contributed by atoms with van der Waals surface area (Å²) in [5.41, 5.74) is 8.80. The number of aliphatic hydroxyl groups is 5. The van der Waals surface area contributed by atoms with Crippen LogP contribution in [-0.4, -0.2) is 81.6 Å². The van der Waals surface area contributed by atoms with E-state index in [1.54, 1.807) is 6.08 Å². The molecule has 0 aromatic heterocycles. The molecule has 34 heavy (non-hydrogen) atoms. The largest absolute Gasteiger partial charge is 0.394 e. The van der Waals surface area contributed by atoms with E-state index in [0.29, 0.717) is 0 Å². The van der Waals surface area contributed by atoms with Gasteiger partial charge in [0.2, 0.25) is 0 Å². The van der Waals surface area contributed by atoms with Gasteiger partial charge in [0, 0.05) is 4.91 Å². The van der Waals surface area contributed by atoms with Gasteiger partial charge in [0.05, 0.1) is 25.4 Å². The highest BCUT2D eigenvalue weighted by Gasteiger charge is 2.44. The van der Waals surface area contributed by atoms with Crippen LogP contribution in [0.4, 0.5) is 0 Å². The summed E-state index contributed by atoms with van der Waals surface area (Å²) in [5.74, 6) is 0. The van der Waals surface area contributed by atoms with Gasteiger partial charge in [-0.15, -0.1) is 0 Å². The third-order valence-electron chi connectivity index (χ3n) is 6.18. The Morgan fingerprint density at radius 2 is 1.53 bits per heavy atom. The van der Waals surface area contributed by atoms with Crippen molar-refractivity contribution < 1.29 is 35.0 Å². The molecule has 10 heteroatoms. The molecule has 1 rings (SSSR count). The summed E-state index contributed by atoms with van der Waals surface area (Å²) < 4.78 is 10.6. The molecule has 198 valence electrons. The lowest BCUT2D eigenvalue weighted by molar-refractivity contribution is -0.302. The first-order valence-corrected chi connectivity index (χ1v) is 12.8. The molecule has 1 saturated heterocycles. The van der Waals surface area contributed by atoms with E-state index in [2.05, 4.69) is 16.9 Å². The highest BCUT2D eigenvalue weighted by atomic mass is 16.7. The van der Waals surface area contributed by atoms with Crippen molar-refractivity contribution in [2.75, 3.05) is 13.2 Å². The van der Waals surface area contributed by atoms with Crippen molar-refractivity contribution in [3.63, 3.8) is 0 Å². The van der Waals surface area contributed by atoms with Crippen LogP contribution >= 0.6 is 0 Å². The molecule has 5 N–H and O–H groups in total. The summed E-state index contributed by atoms with van der Waals surface area (Å²) >= 11 is 0. The van der Waals surface area contributed by atoms with Gasteiger partial charge >= 0.3 is 0 Å². The van der Waals surface area contributed by atoms with Gasteiger partial charge in [-0.1, -0.05) is 88.4 Å². The number of ether oxygens (including phenoxy) is 2. The zero-order valence-electron chi connectivity index (χ0n) is 20.5. The van der Waals surface area contributed by atoms with Crippen LogP contribution in [0.15, 0.2) is 17.3 Å². The molecule has 1 fully saturated rings. The maximum atomic E-state index is 10.3. The number of allylic oxidation sites excluding steroid dienone is 1. The Morgan fingerprint density at radius 1 is 0.941 bits per heavy atom. The molecule has 0 radical (unpaired) electrons. The first kappa shape index (κ1) is 30.8. The van der Waals surface area contributed by atoms with Gasteiger partial charge in [0.25, 0.3) is 0 Å². The van der Waals surface area contributed by atoms with Crippen molar-refractivity contribution in [1.29, 1.82) is 0 Å². The number of azide groups is 1. The molecular weight excluding hydrogens is 442 g/mol. The lowest BCUT2D eigenvalue weighted by Gasteiger charge is -2.39. The summed E-state index contributed by atoms with van der Waals surface area (Å²) in [6.07, 6.45) is 9.99. The average Bonchev–Trinajstić information content (AvgIpc) is 2.84. The van der Waals surface area contributed by atoms with Gasteiger partial charge in [-0.05, 0) is 18.4 Å². The van der Waals surface area contributed by atoms with Gasteiger partial charge in [-0.2, -0.15) is 0 Å². The summed E-state index contributed by atoms with van der Waals surface area (Å²) in [4.78, 5) is 2.73. The average molecular weight is 488 g/mol. The molecule has 1 unspecified atom stereocenters. The van der Waals surface area contributed by atoms with E-state index in [4.69, 9.17) is 15.0 Å². The van der Waals surface area contributed by atoms with Crippen LogP contribution in [0.3, 0.4) is 0 Å². The number of nitrogens with zero attached hydrogens (tertiary/aromatic N) is 3. The lowest BCUT2D eigenvalue weighted by atomic mass is 9.99. The predicted octanol–water partition coefficient (Wildman–Crippen LogP) is 3.10. The van der Waals surface area contributed by atoms with Gasteiger partial charge in [-0.25, -0.2) is 0 Å². The molecule has 0 saturated carbocycles. The Kier molecular flexibility index (Phi) is 17.2. The maximum Gasteiger partial charge on any atom is 0.186 e. The minimum Gasteiger partial charge on any atom is -0.394 e. The van der Waals surface area contributed by atoms with Crippen molar-refractivity contribution in [3.8, 4) is 0 Å². The van der Waals surface area contributed by atoms with E-state index in [1.807, 2.05) is 6.08 Å². The highest BCUT2D eigenvalue weighted by Crippen LogP contribution is 2.22. The monoisotopic (exact) mass is 487 g/mol. The first-order valence-electron chi connectivity index (χ1n) is 12.8. The third kappa shape index (κ3) is 12.0. The number of unbranched alkanes of at least 4 members (excludes halogenated alkanes) is 11. The van der Waals surface area contributed by atoms with E-state index in [-0.39, 0.29) is 6.61 Å². The molecule has 0 aliphatic carbocycles. The first-order chi connectivity index (χ1) is 16.5. The predicted molar refractivity (Wildman–Crippen MR) is 129 cm³/mol. The smallest absolute Gasteiger partial charge is 0.186 e. The van der Waals surface area contributed by atoms with Gasteiger partial charge in [-0.3, -0.25) is 0 Å². The van der Waals surface area contributed by atoms with Crippen LogP contribution in [0.2, 0.25) is 0 Å². The topological polar surface area (TPSA) is 168 Å². The Bertz CT molecular complexity index is 587. The summed E-state index contributed by atoms with van der Waals surface area (Å²) in [7, 11) is 0. The molecule has 0 aromatic carbocycles. The zero-order chi connectivity index (χ0) is 25.2. The quantitative estimate of drug-likeness (QED) is 0.0613. The van der Waals surface area contributed by atoms with Crippen LogP contribution in [0.5, 0.6) is 0 Å². The Hall–Kier alpha value is -1.23. The second-order valence-electron chi connectivity index (χ2n) is 9.05. The SMILES string of the molecule is CCCCCCCCCCCCC/C=C/[C@@H](O)[C@H](COC1O[C@H](CO)[C@H](O)[C@H](O)[C@H]1O)N=[N+]=[N-]. The molecule has 1 aliphatic heterocycles. The second-order valence-corrected chi connectivity index (χ2v) is 9.05. The fourth-order valence-corrected chi connectivity index (χ4v) is 3.96. The van der Waals surface area contributed by atoms with Crippen LogP contribution in [0, 0.1) is 0 Å². The molecular formula is C24H45N3O7. The number of rotatable bonds is 19. The molecule has 0 amide bonds.